The highest BCUT2D eigenvalue weighted by Crippen LogP contribution is 2.50. The monoisotopic (exact) mass is 422 g/mol. The summed E-state index contributed by atoms with van der Waals surface area (Å²) >= 11 is 0. The lowest BCUT2D eigenvalue weighted by Crippen LogP contribution is -2.18. The molecule has 0 spiro atoms. The summed E-state index contributed by atoms with van der Waals surface area (Å²) in [5.41, 5.74) is 7.44. The van der Waals surface area contributed by atoms with Gasteiger partial charge in [-0.3, -0.25) is 0 Å². The summed E-state index contributed by atoms with van der Waals surface area (Å²) in [4.78, 5) is 0. The molecule has 31 heavy (non-hydrogen) atoms. The zero-order valence-corrected chi connectivity index (χ0v) is 21.8. The smallest absolute Gasteiger partial charge is 0.230 e. The van der Waals surface area contributed by atoms with E-state index in [1.54, 1.807) is 0 Å². The zero-order valence-electron chi connectivity index (χ0n) is 21.8. The van der Waals surface area contributed by atoms with Gasteiger partial charge in [0.2, 0.25) is 6.79 Å². The molecular formula is C29H42O2. The lowest BCUT2D eigenvalue weighted by Gasteiger charge is -2.30. The zero-order chi connectivity index (χ0) is 23.6. The Morgan fingerprint density at radius 2 is 0.806 bits per heavy atom. The normalized spacial score (nSPS) is 14.8. The molecule has 0 unspecified atom stereocenters. The van der Waals surface area contributed by atoms with E-state index in [1.165, 1.54) is 22.3 Å². The molecule has 1 aliphatic heterocycles. The molecule has 2 aromatic carbocycles. The van der Waals surface area contributed by atoms with Crippen molar-refractivity contribution < 1.29 is 9.47 Å². The van der Waals surface area contributed by atoms with Crippen molar-refractivity contribution in [2.75, 3.05) is 6.79 Å². The molecule has 0 atom stereocenters. The second-order valence-corrected chi connectivity index (χ2v) is 13.2. The van der Waals surface area contributed by atoms with Crippen molar-refractivity contribution in [3.05, 3.63) is 46.5 Å². The SMILES string of the molecule is CC(C)(C)c1cc2c(c(C(C)(C)C)c1)OCOc1c-2cc(C(C)(C)C)cc1C(C)(C)C. The lowest BCUT2D eigenvalue weighted by atomic mass is 9.75. The van der Waals surface area contributed by atoms with Crippen LogP contribution >= 0.6 is 0 Å². The third-order valence-corrected chi connectivity index (χ3v) is 6.22. The van der Waals surface area contributed by atoms with Gasteiger partial charge in [0.05, 0.1) is 0 Å². The summed E-state index contributed by atoms with van der Waals surface area (Å²) in [5.74, 6) is 1.93. The standard InChI is InChI=1S/C29H42O2/c1-26(2,3)18-13-20-21-14-19(27(4,5)6)16-23(29(10,11)12)25(21)31-17-30-24(20)22(15-18)28(7,8)9/h13-16H,17H2,1-12H3. The lowest BCUT2D eigenvalue weighted by molar-refractivity contribution is 0.120. The fraction of sp³-hybridized carbons (Fsp3) is 0.586. The van der Waals surface area contributed by atoms with Crippen molar-refractivity contribution >= 4 is 0 Å². The van der Waals surface area contributed by atoms with Crippen molar-refractivity contribution in [2.24, 2.45) is 0 Å². The van der Waals surface area contributed by atoms with E-state index >= 15 is 0 Å². The molecule has 0 amide bonds. The second kappa shape index (κ2) is 7.29. The molecule has 2 nitrogen and oxygen atoms in total. The van der Waals surface area contributed by atoms with E-state index in [0.29, 0.717) is 0 Å². The Morgan fingerprint density at radius 3 is 1.06 bits per heavy atom. The van der Waals surface area contributed by atoms with E-state index in [1.807, 2.05) is 0 Å². The topological polar surface area (TPSA) is 18.5 Å². The van der Waals surface area contributed by atoms with Gasteiger partial charge < -0.3 is 9.47 Å². The highest BCUT2D eigenvalue weighted by molar-refractivity contribution is 5.81. The predicted octanol–water partition coefficient (Wildman–Crippen LogP) is 8.27. The molecule has 3 rings (SSSR count). The fourth-order valence-electron chi connectivity index (χ4n) is 4.10. The first kappa shape index (κ1) is 23.7. The van der Waals surface area contributed by atoms with Crippen molar-refractivity contribution in [3.8, 4) is 22.6 Å². The van der Waals surface area contributed by atoms with Crippen LogP contribution in [0.25, 0.3) is 11.1 Å². The maximum Gasteiger partial charge on any atom is 0.230 e. The van der Waals surface area contributed by atoms with Gasteiger partial charge in [-0.2, -0.15) is 0 Å². The summed E-state index contributed by atoms with van der Waals surface area (Å²) in [5, 5.41) is 0. The molecule has 0 N–H and O–H groups in total. The molecule has 0 radical (unpaired) electrons. The number of rotatable bonds is 0. The summed E-state index contributed by atoms with van der Waals surface area (Å²) < 4.78 is 12.7. The molecule has 0 aliphatic carbocycles. The molecule has 0 saturated carbocycles. The first-order valence-corrected chi connectivity index (χ1v) is 11.5. The van der Waals surface area contributed by atoms with Gasteiger partial charge in [0.25, 0.3) is 0 Å². The molecule has 1 heterocycles. The van der Waals surface area contributed by atoms with Crippen LogP contribution in [-0.2, 0) is 21.7 Å². The molecule has 2 aromatic rings. The minimum atomic E-state index is -0.0374. The van der Waals surface area contributed by atoms with Crippen LogP contribution in [0.15, 0.2) is 24.3 Å². The van der Waals surface area contributed by atoms with Gasteiger partial charge in [-0.05, 0) is 44.9 Å². The molecule has 0 saturated heterocycles. The van der Waals surface area contributed by atoms with E-state index in [2.05, 4.69) is 107 Å². The number of fused-ring (bicyclic) bond motifs is 3. The van der Waals surface area contributed by atoms with Crippen LogP contribution in [0.1, 0.15) is 105 Å². The van der Waals surface area contributed by atoms with Gasteiger partial charge in [0, 0.05) is 22.3 Å². The Balaban J connectivity index is 2.49. The molecule has 0 bridgehead atoms. The van der Waals surface area contributed by atoms with Gasteiger partial charge in [0.15, 0.2) is 0 Å². The Labute approximate surface area is 190 Å². The van der Waals surface area contributed by atoms with Crippen LogP contribution in [-0.4, -0.2) is 6.79 Å². The maximum atomic E-state index is 6.33. The van der Waals surface area contributed by atoms with E-state index in [9.17, 15) is 0 Å². The number of hydrogen-bond donors (Lipinski definition) is 0. The molecule has 0 fully saturated rings. The highest BCUT2D eigenvalue weighted by Gasteiger charge is 2.33. The first-order valence-electron chi connectivity index (χ1n) is 11.5. The molecule has 0 aromatic heterocycles. The first-order chi connectivity index (χ1) is 13.9. The Morgan fingerprint density at radius 1 is 0.484 bits per heavy atom. The number of ether oxygens (including phenoxy) is 2. The van der Waals surface area contributed by atoms with E-state index in [-0.39, 0.29) is 28.5 Å². The molecule has 1 aliphatic rings. The van der Waals surface area contributed by atoms with Gasteiger partial charge in [-0.15, -0.1) is 0 Å². The van der Waals surface area contributed by atoms with Crippen LogP contribution in [0.4, 0.5) is 0 Å². The minimum Gasteiger partial charge on any atom is -0.457 e. The Kier molecular flexibility index (Phi) is 5.57. The predicted molar refractivity (Wildman–Crippen MR) is 133 cm³/mol. The third-order valence-electron chi connectivity index (χ3n) is 6.22. The number of hydrogen-bond acceptors (Lipinski definition) is 2. The molecule has 170 valence electrons. The van der Waals surface area contributed by atoms with Crippen molar-refractivity contribution in [3.63, 3.8) is 0 Å². The summed E-state index contributed by atoms with van der Waals surface area (Å²) in [6.45, 7) is 27.5. The van der Waals surface area contributed by atoms with Gasteiger partial charge in [-0.25, -0.2) is 0 Å². The van der Waals surface area contributed by atoms with E-state index in [0.717, 1.165) is 22.6 Å². The van der Waals surface area contributed by atoms with Gasteiger partial charge >= 0.3 is 0 Å². The van der Waals surface area contributed by atoms with Gasteiger partial charge in [0.1, 0.15) is 11.5 Å². The average Bonchev–Trinajstić information content (AvgIpc) is 2.76. The minimum absolute atomic E-state index is 0.0374. The van der Waals surface area contributed by atoms with Crippen molar-refractivity contribution in [1.29, 1.82) is 0 Å². The summed E-state index contributed by atoms with van der Waals surface area (Å²) in [6, 6.07) is 9.33. The fourth-order valence-corrected chi connectivity index (χ4v) is 4.10. The van der Waals surface area contributed by atoms with Crippen molar-refractivity contribution in [2.45, 2.75) is 105 Å². The van der Waals surface area contributed by atoms with Crippen LogP contribution in [0, 0.1) is 0 Å². The third kappa shape index (κ3) is 4.64. The van der Waals surface area contributed by atoms with Crippen LogP contribution in [0.5, 0.6) is 11.5 Å². The van der Waals surface area contributed by atoms with Crippen molar-refractivity contribution in [1.82, 2.24) is 0 Å². The highest BCUT2D eigenvalue weighted by atomic mass is 16.7. The molecule has 2 heteroatoms. The molecular weight excluding hydrogens is 380 g/mol. The second-order valence-electron chi connectivity index (χ2n) is 13.2. The number of benzene rings is 2. The summed E-state index contributed by atoms with van der Waals surface area (Å²) in [6.07, 6.45) is 0. The van der Waals surface area contributed by atoms with E-state index < -0.39 is 0 Å². The maximum absolute atomic E-state index is 6.33. The largest absolute Gasteiger partial charge is 0.457 e. The van der Waals surface area contributed by atoms with Gasteiger partial charge in [-0.1, -0.05) is 95.2 Å². The average molecular weight is 423 g/mol. The summed E-state index contributed by atoms with van der Waals surface area (Å²) in [7, 11) is 0. The van der Waals surface area contributed by atoms with Crippen LogP contribution in [0.3, 0.4) is 0 Å². The van der Waals surface area contributed by atoms with E-state index in [4.69, 9.17) is 9.47 Å². The Hall–Kier alpha value is -1.96. The quantitative estimate of drug-likeness (QED) is 0.425. The van der Waals surface area contributed by atoms with Crippen LogP contribution in [0.2, 0.25) is 0 Å². The van der Waals surface area contributed by atoms with Crippen LogP contribution < -0.4 is 9.47 Å². The Bertz CT molecular complexity index is 902.